The van der Waals surface area contributed by atoms with Crippen molar-refractivity contribution in [3.63, 3.8) is 0 Å². The molecule has 0 bridgehead atoms. The van der Waals surface area contributed by atoms with Crippen LogP contribution in [0.1, 0.15) is 21.5 Å². The summed E-state index contributed by atoms with van der Waals surface area (Å²) >= 11 is 0. The quantitative estimate of drug-likeness (QED) is 0.896. The summed E-state index contributed by atoms with van der Waals surface area (Å²) in [4.78, 5) is 15.5. The second kappa shape index (κ2) is 6.14. The number of aromatic nitrogens is 1. The molecule has 1 aromatic carbocycles. The Labute approximate surface area is 116 Å². The average molecular weight is 273 g/mol. The Balaban J connectivity index is 1.96. The number of halogens is 1. The number of nitrogens with zero attached hydrogens (tertiary/aromatic N) is 1. The molecule has 1 aromatic heterocycles. The van der Waals surface area contributed by atoms with Gasteiger partial charge in [-0.3, -0.25) is 4.79 Å². The van der Waals surface area contributed by atoms with Gasteiger partial charge in [0.25, 0.3) is 5.91 Å². The molecule has 0 fully saturated rings. The molecule has 0 aliphatic rings. The Morgan fingerprint density at radius 1 is 1.40 bits per heavy atom. The van der Waals surface area contributed by atoms with E-state index in [1.165, 1.54) is 5.56 Å². The standard InChI is InChI=1S/C15H16FN3O/c1-10-4-2-3-5-11(10)6-7-18-15(20)13-8-12(16)9-19-14(13)17/h2-5,8-9H,6-7H2,1H3,(H2,17,19)(H,18,20). The third-order valence-corrected chi connectivity index (χ3v) is 3.07. The number of hydrogen-bond donors (Lipinski definition) is 2. The molecule has 2 aromatic rings. The molecule has 0 radical (unpaired) electrons. The monoisotopic (exact) mass is 273 g/mol. The van der Waals surface area contributed by atoms with Gasteiger partial charge in [-0.2, -0.15) is 0 Å². The van der Waals surface area contributed by atoms with Gasteiger partial charge in [-0.15, -0.1) is 0 Å². The van der Waals surface area contributed by atoms with Crippen molar-refractivity contribution in [3.8, 4) is 0 Å². The van der Waals surface area contributed by atoms with Gasteiger partial charge >= 0.3 is 0 Å². The van der Waals surface area contributed by atoms with Crippen LogP contribution in [0.25, 0.3) is 0 Å². The van der Waals surface area contributed by atoms with Crippen LogP contribution in [0.5, 0.6) is 0 Å². The number of amides is 1. The van der Waals surface area contributed by atoms with Gasteiger partial charge in [0.2, 0.25) is 0 Å². The van der Waals surface area contributed by atoms with Crippen LogP contribution in [0.3, 0.4) is 0 Å². The van der Waals surface area contributed by atoms with E-state index in [0.29, 0.717) is 13.0 Å². The molecule has 2 rings (SSSR count). The number of pyridine rings is 1. The smallest absolute Gasteiger partial charge is 0.255 e. The molecule has 0 saturated heterocycles. The lowest BCUT2D eigenvalue weighted by Crippen LogP contribution is -2.27. The lowest BCUT2D eigenvalue weighted by atomic mass is 10.1. The zero-order valence-electron chi connectivity index (χ0n) is 11.2. The number of hydrogen-bond acceptors (Lipinski definition) is 3. The summed E-state index contributed by atoms with van der Waals surface area (Å²) in [6.45, 7) is 2.48. The highest BCUT2D eigenvalue weighted by Gasteiger charge is 2.11. The number of nitrogen functional groups attached to an aromatic ring is 1. The van der Waals surface area contributed by atoms with Crippen LogP contribution < -0.4 is 11.1 Å². The molecule has 0 spiro atoms. The van der Waals surface area contributed by atoms with Gasteiger partial charge in [0.1, 0.15) is 11.6 Å². The third-order valence-electron chi connectivity index (χ3n) is 3.07. The minimum absolute atomic E-state index is 0.0276. The highest BCUT2D eigenvalue weighted by Crippen LogP contribution is 2.10. The van der Waals surface area contributed by atoms with E-state index in [-0.39, 0.29) is 11.4 Å². The van der Waals surface area contributed by atoms with Gasteiger partial charge in [0.15, 0.2) is 0 Å². The van der Waals surface area contributed by atoms with Crippen LogP contribution in [0.15, 0.2) is 36.5 Å². The molecule has 0 saturated carbocycles. The number of benzene rings is 1. The van der Waals surface area contributed by atoms with Crippen molar-refractivity contribution in [2.45, 2.75) is 13.3 Å². The number of nitrogens with one attached hydrogen (secondary N) is 1. The normalized spacial score (nSPS) is 10.3. The van der Waals surface area contributed by atoms with Crippen molar-refractivity contribution in [1.82, 2.24) is 10.3 Å². The highest BCUT2D eigenvalue weighted by molar-refractivity contribution is 5.98. The summed E-state index contributed by atoms with van der Waals surface area (Å²) in [6.07, 6.45) is 1.69. The molecular formula is C15H16FN3O. The predicted molar refractivity (Wildman–Crippen MR) is 75.8 cm³/mol. The van der Waals surface area contributed by atoms with Crippen LogP contribution in [0, 0.1) is 12.7 Å². The topological polar surface area (TPSA) is 68.0 Å². The Morgan fingerprint density at radius 3 is 2.90 bits per heavy atom. The molecule has 5 heteroatoms. The molecule has 4 nitrogen and oxygen atoms in total. The summed E-state index contributed by atoms with van der Waals surface area (Å²) in [5.41, 5.74) is 7.96. The fourth-order valence-electron chi connectivity index (χ4n) is 1.93. The highest BCUT2D eigenvalue weighted by atomic mass is 19.1. The molecule has 1 amide bonds. The number of rotatable bonds is 4. The number of carbonyl (C=O) groups excluding carboxylic acids is 1. The van der Waals surface area contributed by atoms with Crippen molar-refractivity contribution in [3.05, 3.63) is 59.0 Å². The van der Waals surface area contributed by atoms with Gasteiger partial charge in [-0.25, -0.2) is 9.37 Å². The predicted octanol–water partition coefficient (Wildman–Crippen LogP) is 2.08. The first-order chi connectivity index (χ1) is 9.58. The molecule has 0 aliphatic heterocycles. The Kier molecular flexibility index (Phi) is 4.30. The van der Waals surface area contributed by atoms with Gasteiger partial charge in [0.05, 0.1) is 11.8 Å². The second-order valence-electron chi connectivity index (χ2n) is 4.52. The van der Waals surface area contributed by atoms with Crippen LogP contribution in [-0.2, 0) is 6.42 Å². The zero-order chi connectivity index (χ0) is 14.5. The van der Waals surface area contributed by atoms with E-state index >= 15 is 0 Å². The number of anilines is 1. The molecule has 0 aliphatic carbocycles. The summed E-state index contributed by atoms with van der Waals surface area (Å²) in [5, 5.41) is 2.72. The van der Waals surface area contributed by atoms with E-state index in [1.807, 2.05) is 31.2 Å². The maximum Gasteiger partial charge on any atom is 0.255 e. The number of aryl methyl sites for hydroxylation is 1. The number of carbonyl (C=O) groups is 1. The maximum atomic E-state index is 13.0. The minimum atomic E-state index is -0.580. The molecule has 3 N–H and O–H groups in total. The zero-order valence-corrected chi connectivity index (χ0v) is 11.2. The van der Waals surface area contributed by atoms with E-state index in [1.54, 1.807) is 0 Å². The lowest BCUT2D eigenvalue weighted by molar-refractivity contribution is 0.0954. The minimum Gasteiger partial charge on any atom is -0.383 e. The third kappa shape index (κ3) is 3.32. The van der Waals surface area contributed by atoms with Crippen molar-refractivity contribution in [2.24, 2.45) is 0 Å². The Morgan fingerprint density at radius 2 is 2.15 bits per heavy atom. The van der Waals surface area contributed by atoms with Gasteiger partial charge in [0, 0.05) is 6.54 Å². The van der Waals surface area contributed by atoms with E-state index in [0.717, 1.165) is 17.8 Å². The summed E-state index contributed by atoms with van der Waals surface area (Å²) in [6, 6.07) is 9.05. The van der Waals surface area contributed by atoms with E-state index in [9.17, 15) is 9.18 Å². The van der Waals surface area contributed by atoms with Gasteiger partial charge in [-0.05, 0) is 30.5 Å². The lowest BCUT2D eigenvalue weighted by Gasteiger charge is -2.08. The van der Waals surface area contributed by atoms with E-state index in [4.69, 9.17) is 5.73 Å². The van der Waals surface area contributed by atoms with Gasteiger partial charge in [-0.1, -0.05) is 24.3 Å². The fraction of sp³-hybridized carbons (Fsp3) is 0.200. The Bertz CT molecular complexity index is 628. The molecule has 104 valence electrons. The molecule has 20 heavy (non-hydrogen) atoms. The molecular weight excluding hydrogens is 257 g/mol. The van der Waals surface area contributed by atoms with Crippen molar-refractivity contribution >= 4 is 11.7 Å². The van der Waals surface area contributed by atoms with Crippen LogP contribution >= 0.6 is 0 Å². The van der Waals surface area contributed by atoms with Crippen LogP contribution in [-0.4, -0.2) is 17.4 Å². The van der Waals surface area contributed by atoms with E-state index < -0.39 is 11.7 Å². The van der Waals surface area contributed by atoms with Crippen molar-refractivity contribution in [2.75, 3.05) is 12.3 Å². The van der Waals surface area contributed by atoms with Crippen molar-refractivity contribution in [1.29, 1.82) is 0 Å². The first kappa shape index (κ1) is 14.0. The second-order valence-corrected chi connectivity index (χ2v) is 4.52. The first-order valence-electron chi connectivity index (χ1n) is 6.31. The van der Waals surface area contributed by atoms with E-state index in [2.05, 4.69) is 10.3 Å². The van der Waals surface area contributed by atoms with Crippen LogP contribution in [0.2, 0.25) is 0 Å². The molecule has 0 atom stereocenters. The fourth-order valence-corrected chi connectivity index (χ4v) is 1.93. The maximum absolute atomic E-state index is 13.0. The SMILES string of the molecule is Cc1ccccc1CCNC(=O)c1cc(F)cnc1N. The average Bonchev–Trinajstić information content (AvgIpc) is 2.43. The summed E-state index contributed by atoms with van der Waals surface area (Å²) < 4.78 is 13.0. The Hall–Kier alpha value is -2.43. The first-order valence-corrected chi connectivity index (χ1v) is 6.31. The van der Waals surface area contributed by atoms with Crippen molar-refractivity contribution < 1.29 is 9.18 Å². The largest absolute Gasteiger partial charge is 0.383 e. The van der Waals surface area contributed by atoms with Crippen LogP contribution in [0.4, 0.5) is 10.2 Å². The molecule has 0 unspecified atom stereocenters. The molecule has 1 heterocycles. The van der Waals surface area contributed by atoms with Gasteiger partial charge < -0.3 is 11.1 Å². The summed E-state index contributed by atoms with van der Waals surface area (Å²) in [5.74, 6) is -0.967. The number of nitrogens with two attached hydrogens (primary N) is 1. The summed E-state index contributed by atoms with van der Waals surface area (Å²) in [7, 11) is 0.